The molecule has 138 valence electrons. The first-order chi connectivity index (χ1) is 12.3. The van der Waals surface area contributed by atoms with Crippen molar-refractivity contribution < 1.29 is 22.7 Å². The topological polar surface area (TPSA) is 29.5 Å². The Bertz CT molecular complexity index is 737. The summed E-state index contributed by atoms with van der Waals surface area (Å²) in [5, 5.41) is 0. The lowest BCUT2D eigenvalue weighted by Gasteiger charge is -2.21. The molecule has 0 aliphatic carbocycles. The third kappa shape index (κ3) is 5.37. The van der Waals surface area contributed by atoms with Gasteiger partial charge in [-0.1, -0.05) is 30.3 Å². The van der Waals surface area contributed by atoms with Gasteiger partial charge in [0.1, 0.15) is 5.75 Å². The summed E-state index contributed by atoms with van der Waals surface area (Å²) in [5.41, 5.74) is 0.732. The zero-order valence-corrected chi connectivity index (χ0v) is 14.4. The standard InChI is InChI=1S/C20H20F3NO2/c1-3-12-24(14-16-6-10-18(26-2)11-7-16)19(25)13-15-4-8-17(9-5-15)20(21,22)23/h3-11H,1,12-14H2,2H3. The van der Waals surface area contributed by atoms with Crippen LogP contribution >= 0.6 is 0 Å². The summed E-state index contributed by atoms with van der Waals surface area (Å²) in [7, 11) is 1.58. The molecule has 2 aromatic rings. The molecule has 0 N–H and O–H groups in total. The van der Waals surface area contributed by atoms with Crippen molar-refractivity contribution in [1.29, 1.82) is 0 Å². The molecule has 0 fully saturated rings. The van der Waals surface area contributed by atoms with Gasteiger partial charge in [-0.15, -0.1) is 6.58 Å². The Hall–Kier alpha value is -2.76. The second-order valence-electron chi connectivity index (χ2n) is 5.78. The van der Waals surface area contributed by atoms with E-state index in [1.807, 2.05) is 24.3 Å². The molecule has 0 unspecified atom stereocenters. The Kier molecular flexibility index (Phi) is 6.44. The first-order valence-electron chi connectivity index (χ1n) is 8.01. The SMILES string of the molecule is C=CCN(Cc1ccc(OC)cc1)C(=O)Cc1ccc(C(F)(F)F)cc1. The smallest absolute Gasteiger partial charge is 0.416 e. The van der Waals surface area contributed by atoms with Gasteiger partial charge in [0.05, 0.1) is 19.1 Å². The minimum atomic E-state index is -4.38. The summed E-state index contributed by atoms with van der Waals surface area (Å²) < 4.78 is 42.9. The third-order valence-electron chi connectivity index (χ3n) is 3.87. The van der Waals surface area contributed by atoms with Gasteiger partial charge in [-0.25, -0.2) is 0 Å². The molecule has 1 amide bonds. The van der Waals surface area contributed by atoms with Crippen molar-refractivity contribution in [3.63, 3.8) is 0 Å². The highest BCUT2D eigenvalue weighted by Crippen LogP contribution is 2.29. The molecule has 0 saturated heterocycles. The van der Waals surface area contributed by atoms with Crippen LogP contribution in [0.15, 0.2) is 61.2 Å². The van der Waals surface area contributed by atoms with Crippen molar-refractivity contribution in [2.45, 2.75) is 19.1 Å². The Morgan fingerprint density at radius 2 is 1.65 bits per heavy atom. The monoisotopic (exact) mass is 363 g/mol. The lowest BCUT2D eigenvalue weighted by molar-refractivity contribution is -0.137. The van der Waals surface area contributed by atoms with E-state index in [4.69, 9.17) is 4.74 Å². The van der Waals surface area contributed by atoms with E-state index in [2.05, 4.69) is 6.58 Å². The van der Waals surface area contributed by atoms with Crippen molar-refractivity contribution in [2.24, 2.45) is 0 Å². The van der Waals surface area contributed by atoms with Crippen LogP contribution in [0.2, 0.25) is 0 Å². The molecule has 0 aliphatic rings. The lowest BCUT2D eigenvalue weighted by atomic mass is 10.1. The number of carbonyl (C=O) groups is 1. The van der Waals surface area contributed by atoms with Gasteiger partial charge in [-0.05, 0) is 35.4 Å². The minimum absolute atomic E-state index is 0.0299. The summed E-state index contributed by atoms with van der Waals surface area (Å²) in [6, 6.07) is 12.0. The van der Waals surface area contributed by atoms with E-state index in [0.29, 0.717) is 18.7 Å². The summed E-state index contributed by atoms with van der Waals surface area (Å²) >= 11 is 0. The molecule has 26 heavy (non-hydrogen) atoms. The van der Waals surface area contributed by atoms with Crippen LogP contribution in [-0.2, 0) is 23.9 Å². The van der Waals surface area contributed by atoms with Gasteiger partial charge >= 0.3 is 6.18 Å². The first-order valence-corrected chi connectivity index (χ1v) is 8.01. The molecule has 0 saturated carbocycles. The maximum absolute atomic E-state index is 12.6. The maximum atomic E-state index is 12.6. The van der Waals surface area contributed by atoms with Crippen molar-refractivity contribution in [2.75, 3.05) is 13.7 Å². The Labute approximate surface area is 150 Å². The Morgan fingerprint density at radius 3 is 2.15 bits per heavy atom. The van der Waals surface area contributed by atoms with Crippen LogP contribution in [0.1, 0.15) is 16.7 Å². The second-order valence-corrected chi connectivity index (χ2v) is 5.78. The highest BCUT2D eigenvalue weighted by Gasteiger charge is 2.30. The number of rotatable bonds is 7. The number of nitrogens with zero attached hydrogens (tertiary/aromatic N) is 1. The number of hydrogen-bond acceptors (Lipinski definition) is 2. The zero-order valence-electron chi connectivity index (χ0n) is 14.4. The number of halogens is 3. The number of hydrogen-bond donors (Lipinski definition) is 0. The largest absolute Gasteiger partial charge is 0.497 e. The van der Waals surface area contributed by atoms with Crippen LogP contribution in [-0.4, -0.2) is 24.5 Å². The number of ether oxygens (including phenoxy) is 1. The lowest BCUT2D eigenvalue weighted by Crippen LogP contribution is -2.32. The average Bonchev–Trinajstić information content (AvgIpc) is 2.61. The van der Waals surface area contributed by atoms with E-state index in [0.717, 1.165) is 23.4 Å². The molecule has 6 heteroatoms. The number of carbonyl (C=O) groups excluding carboxylic acids is 1. The summed E-state index contributed by atoms with van der Waals surface area (Å²) in [6.07, 6.45) is -2.73. The van der Waals surface area contributed by atoms with Crippen LogP contribution in [0.5, 0.6) is 5.75 Å². The van der Waals surface area contributed by atoms with Crippen molar-refractivity contribution in [3.05, 3.63) is 77.9 Å². The van der Waals surface area contributed by atoms with Crippen LogP contribution in [0, 0.1) is 0 Å². The van der Waals surface area contributed by atoms with E-state index in [-0.39, 0.29) is 12.3 Å². The minimum Gasteiger partial charge on any atom is -0.497 e. The van der Waals surface area contributed by atoms with Crippen molar-refractivity contribution in [1.82, 2.24) is 4.90 Å². The number of methoxy groups -OCH3 is 1. The quantitative estimate of drug-likeness (QED) is 0.679. The van der Waals surface area contributed by atoms with Crippen LogP contribution in [0.4, 0.5) is 13.2 Å². The molecule has 2 rings (SSSR count). The third-order valence-corrected chi connectivity index (χ3v) is 3.87. The van der Waals surface area contributed by atoms with Gasteiger partial charge < -0.3 is 9.64 Å². The van der Waals surface area contributed by atoms with E-state index < -0.39 is 11.7 Å². The van der Waals surface area contributed by atoms with Crippen LogP contribution < -0.4 is 4.74 Å². The molecule has 0 heterocycles. The molecular formula is C20H20F3NO2. The predicted octanol–water partition coefficient (Wildman–Crippen LogP) is 4.47. The van der Waals surface area contributed by atoms with Gasteiger partial charge in [0.15, 0.2) is 0 Å². The van der Waals surface area contributed by atoms with E-state index in [9.17, 15) is 18.0 Å². The molecule has 0 bridgehead atoms. The maximum Gasteiger partial charge on any atom is 0.416 e. The first kappa shape index (κ1) is 19.6. The van der Waals surface area contributed by atoms with E-state index in [1.165, 1.54) is 12.1 Å². The highest BCUT2D eigenvalue weighted by atomic mass is 19.4. The van der Waals surface area contributed by atoms with Crippen LogP contribution in [0.3, 0.4) is 0 Å². The molecule has 0 spiro atoms. The average molecular weight is 363 g/mol. The van der Waals surface area contributed by atoms with Crippen molar-refractivity contribution in [3.8, 4) is 5.75 Å². The van der Waals surface area contributed by atoms with E-state index in [1.54, 1.807) is 18.1 Å². The zero-order chi connectivity index (χ0) is 19.2. The molecule has 0 aromatic heterocycles. The molecule has 0 aliphatic heterocycles. The second kappa shape index (κ2) is 8.56. The number of amides is 1. The van der Waals surface area contributed by atoms with Gasteiger partial charge in [0.2, 0.25) is 5.91 Å². The fourth-order valence-electron chi connectivity index (χ4n) is 2.46. The van der Waals surface area contributed by atoms with Crippen LogP contribution in [0.25, 0.3) is 0 Å². The summed E-state index contributed by atoms with van der Waals surface area (Å²) in [4.78, 5) is 14.1. The fourth-order valence-corrected chi connectivity index (χ4v) is 2.46. The highest BCUT2D eigenvalue weighted by molar-refractivity contribution is 5.79. The molecule has 2 aromatic carbocycles. The van der Waals surface area contributed by atoms with E-state index >= 15 is 0 Å². The summed E-state index contributed by atoms with van der Waals surface area (Å²) in [5.74, 6) is 0.542. The summed E-state index contributed by atoms with van der Waals surface area (Å²) in [6.45, 7) is 4.40. The molecule has 3 nitrogen and oxygen atoms in total. The van der Waals surface area contributed by atoms with Gasteiger partial charge in [-0.3, -0.25) is 4.79 Å². The molecule has 0 radical (unpaired) electrons. The number of alkyl halides is 3. The van der Waals surface area contributed by atoms with Gasteiger partial charge in [0, 0.05) is 13.1 Å². The molecular weight excluding hydrogens is 343 g/mol. The normalized spacial score (nSPS) is 11.1. The van der Waals surface area contributed by atoms with Gasteiger partial charge in [-0.2, -0.15) is 13.2 Å². The Balaban J connectivity index is 2.06. The fraction of sp³-hybridized carbons (Fsp3) is 0.250. The predicted molar refractivity (Wildman–Crippen MR) is 93.8 cm³/mol. The Morgan fingerprint density at radius 1 is 1.08 bits per heavy atom. The van der Waals surface area contributed by atoms with Gasteiger partial charge in [0.25, 0.3) is 0 Å². The number of benzene rings is 2. The molecule has 0 atom stereocenters. The van der Waals surface area contributed by atoms with Crippen molar-refractivity contribution >= 4 is 5.91 Å².